The molecule has 0 saturated heterocycles. The van der Waals surface area contributed by atoms with Gasteiger partial charge in [-0.25, -0.2) is 14.0 Å². The summed E-state index contributed by atoms with van der Waals surface area (Å²) >= 11 is 0. The van der Waals surface area contributed by atoms with Gasteiger partial charge in [-0.05, 0) is 35.2 Å². The van der Waals surface area contributed by atoms with Crippen molar-refractivity contribution in [2.75, 3.05) is 13.1 Å². The van der Waals surface area contributed by atoms with Gasteiger partial charge in [0, 0.05) is 25.8 Å². The number of carbonyl (C=O) groups excluding carboxylic acids is 2. The van der Waals surface area contributed by atoms with E-state index in [0.29, 0.717) is 25.8 Å². The Bertz CT molecular complexity index is 1090. The molecule has 7 heteroatoms. The molecular weight excluding hydrogens is 409 g/mol. The van der Waals surface area contributed by atoms with Crippen LogP contribution in [0.3, 0.4) is 0 Å². The van der Waals surface area contributed by atoms with Gasteiger partial charge in [-0.1, -0.05) is 42.3 Å². The van der Waals surface area contributed by atoms with Crippen LogP contribution in [-0.4, -0.2) is 41.3 Å². The third-order valence-electron chi connectivity index (χ3n) is 6.73. The van der Waals surface area contributed by atoms with Crippen molar-refractivity contribution in [2.45, 2.75) is 42.9 Å². The van der Waals surface area contributed by atoms with Crippen LogP contribution in [0.2, 0.25) is 0 Å². The molecule has 0 radical (unpaired) electrons. The van der Waals surface area contributed by atoms with Crippen LogP contribution in [-0.2, 0) is 11.2 Å². The maximum Gasteiger partial charge on any atom is 0.408 e. The van der Waals surface area contributed by atoms with E-state index in [4.69, 9.17) is 11.2 Å². The average molecular weight is 433 g/mol. The van der Waals surface area contributed by atoms with Gasteiger partial charge in [0.1, 0.15) is 11.4 Å². The van der Waals surface area contributed by atoms with Gasteiger partial charge in [0.15, 0.2) is 0 Å². The van der Waals surface area contributed by atoms with E-state index < -0.39 is 11.7 Å². The average Bonchev–Trinajstić information content (AvgIpc) is 2.75. The lowest BCUT2D eigenvalue weighted by Gasteiger charge is -2.68. The Morgan fingerprint density at radius 1 is 1.16 bits per heavy atom. The van der Waals surface area contributed by atoms with E-state index >= 15 is 0 Å². The van der Waals surface area contributed by atoms with Crippen LogP contribution >= 0.6 is 0 Å². The maximum atomic E-state index is 13.5. The number of carbonyl (C=O) groups is 2. The molecule has 2 aromatic rings. The van der Waals surface area contributed by atoms with Crippen LogP contribution in [0.15, 0.2) is 48.5 Å². The fraction of sp³-hybridized carbons (Fsp3) is 0.360. The zero-order chi connectivity index (χ0) is 22.3. The second-order valence-corrected chi connectivity index (χ2v) is 8.97. The number of nitrogens with one attached hydrogen (secondary N) is 2. The molecule has 2 bridgehead atoms. The van der Waals surface area contributed by atoms with E-state index in [-0.39, 0.29) is 30.0 Å². The Balaban J connectivity index is 1.29. The number of alkyl carbamates (subject to hydrolysis) is 1. The molecule has 6 nitrogen and oxygen atoms in total. The van der Waals surface area contributed by atoms with E-state index in [1.807, 2.05) is 23.1 Å². The van der Waals surface area contributed by atoms with E-state index in [0.717, 1.165) is 17.5 Å². The minimum Gasteiger partial charge on any atom is -0.443 e. The lowest BCUT2D eigenvalue weighted by Crippen LogP contribution is -2.80. The van der Waals surface area contributed by atoms with Crippen molar-refractivity contribution in [3.63, 3.8) is 0 Å². The Labute approximate surface area is 186 Å². The summed E-state index contributed by atoms with van der Waals surface area (Å²) in [4.78, 5) is 27.0. The molecule has 1 atom stereocenters. The number of amides is 3. The molecule has 1 aliphatic heterocycles. The standard InChI is InChI=1S/C25H24FN3O3/c1-2-12-27-23(31)32-25-14-24(15-25,16-25)28-22(30)29-13-11-17-5-3-4-6-20(17)21(29)18-7-9-19(26)10-8-18/h1,3-10,21H,11-16H2,(H,27,31)(H,28,30)/t21-,24?,25?/m0/s1. The maximum absolute atomic E-state index is 13.5. The predicted octanol–water partition coefficient (Wildman–Crippen LogP) is 3.52. The van der Waals surface area contributed by atoms with Gasteiger partial charge in [0.25, 0.3) is 0 Å². The quantitative estimate of drug-likeness (QED) is 0.725. The largest absolute Gasteiger partial charge is 0.443 e. The van der Waals surface area contributed by atoms with E-state index in [2.05, 4.69) is 22.6 Å². The van der Waals surface area contributed by atoms with Gasteiger partial charge in [0.2, 0.25) is 0 Å². The van der Waals surface area contributed by atoms with Gasteiger partial charge in [-0.2, -0.15) is 0 Å². The predicted molar refractivity (Wildman–Crippen MR) is 116 cm³/mol. The van der Waals surface area contributed by atoms with Crippen molar-refractivity contribution >= 4 is 12.1 Å². The van der Waals surface area contributed by atoms with E-state index in [1.165, 1.54) is 17.7 Å². The van der Waals surface area contributed by atoms with Crippen molar-refractivity contribution in [3.8, 4) is 12.3 Å². The number of urea groups is 1. The van der Waals surface area contributed by atoms with Crippen molar-refractivity contribution < 1.29 is 18.7 Å². The number of fused-ring (bicyclic) bond motifs is 1. The number of hydrogen-bond donors (Lipinski definition) is 2. The summed E-state index contributed by atoms with van der Waals surface area (Å²) in [6.07, 6.45) is 7.18. The van der Waals surface area contributed by atoms with Gasteiger partial charge < -0.3 is 20.3 Å². The third-order valence-corrected chi connectivity index (χ3v) is 6.73. The van der Waals surface area contributed by atoms with Crippen LogP contribution in [0.5, 0.6) is 0 Å². The first-order valence-electron chi connectivity index (χ1n) is 10.8. The highest BCUT2D eigenvalue weighted by molar-refractivity contribution is 5.78. The highest BCUT2D eigenvalue weighted by atomic mass is 19.1. The first-order chi connectivity index (χ1) is 15.4. The summed E-state index contributed by atoms with van der Waals surface area (Å²) in [6.45, 7) is 0.690. The fourth-order valence-corrected chi connectivity index (χ4v) is 5.38. The number of benzene rings is 2. The fourth-order valence-electron chi connectivity index (χ4n) is 5.38. The summed E-state index contributed by atoms with van der Waals surface area (Å²) in [7, 11) is 0. The lowest BCUT2D eigenvalue weighted by molar-refractivity contribution is -0.214. The molecule has 2 N–H and O–H groups in total. The number of terminal acetylenes is 1. The van der Waals surface area contributed by atoms with Gasteiger partial charge in [-0.3, -0.25) is 0 Å². The number of nitrogens with zero attached hydrogens (tertiary/aromatic N) is 1. The molecule has 2 aromatic carbocycles. The monoisotopic (exact) mass is 433 g/mol. The number of rotatable bonds is 4. The topological polar surface area (TPSA) is 70.7 Å². The van der Waals surface area contributed by atoms with Crippen LogP contribution in [0, 0.1) is 18.2 Å². The molecule has 0 unspecified atom stereocenters. The number of hydrogen-bond acceptors (Lipinski definition) is 3. The van der Waals surface area contributed by atoms with Gasteiger partial charge in [0.05, 0.1) is 18.1 Å². The van der Waals surface area contributed by atoms with Crippen LogP contribution in [0.25, 0.3) is 0 Å². The molecule has 3 fully saturated rings. The third kappa shape index (κ3) is 3.46. The molecular formula is C25H24FN3O3. The van der Waals surface area contributed by atoms with Crippen molar-refractivity contribution in [2.24, 2.45) is 0 Å². The van der Waals surface area contributed by atoms with Crippen LogP contribution in [0.1, 0.15) is 42.0 Å². The van der Waals surface area contributed by atoms with Gasteiger partial charge in [-0.15, -0.1) is 6.42 Å². The SMILES string of the molecule is C#CCNC(=O)OC12CC(NC(=O)N3CCc4ccccc4[C@@H]3c3ccc(F)cc3)(C1)C2. The van der Waals surface area contributed by atoms with Crippen LogP contribution in [0.4, 0.5) is 14.0 Å². The number of ether oxygens (including phenoxy) is 1. The Hall–Kier alpha value is -3.53. The molecule has 32 heavy (non-hydrogen) atoms. The summed E-state index contributed by atoms with van der Waals surface area (Å²) in [5.74, 6) is 2.03. The molecule has 4 aliphatic rings. The first kappa shape index (κ1) is 20.4. The minimum atomic E-state index is -0.522. The summed E-state index contributed by atoms with van der Waals surface area (Å²) < 4.78 is 19.0. The second kappa shape index (κ2) is 7.56. The van der Waals surface area contributed by atoms with Gasteiger partial charge >= 0.3 is 12.1 Å². The Kier molecular flexibility index (Phi) is 4.81. The summed E-state index contributed by atoms with van der Waals surface area (Å²) in [5, 5.41) is 5.68. The molecule has 1 heterocycles. The minimum absolute atomic E-state index is 0.123. The molecule has 3 aliphatic carbocycles. The molecule has 6 rings (SSSR count). The normalized spacial score (nSPS) is 27.1. The van der Waals surface area contributed by atoms with E-state index in [9.17, 15) is 14.0 Å². The highest BCUT2D eigenvalue weighted by Crippen LogP contribution is 2.62. The first-order valence-corrected chi connectivity index (χ1v) is 10.8. The lowest BCUT2D eigenvalue weighted by atomic mass is 9.46. The Morgan fingerprint density at radius 3 is 2.59 bits per heavy atom. The van der Waals surface area contributed by atoms with Crippen molar-refractivity contribution in [1.29, 1.82) is 0 Å². The Morgan fingerprint density at radius 2 is 1.88 bits per heavy atom. The molecule has 0 aromatic heterocycles. The van der Waals surface area contributed by atoms with Crippen molar-refractivity contribution in [1.82, 2.24) is 15.5 Å². The highest BCUT2D eigenvalue weighted by Gasteiger charge is 2.71. The molecule has 164 valence electrons. The molecule has 3 amide bonds. The summed E-state index contributed by atoms with van der Waals surface area (Å²) in [6, 6.07) is 14.0. The zero-order valence-electron chi connectivity index (χ0n) is 17.6. The van der Waals surface area contributed by atoms with Crippen molar-refractivity contribution in [3.05, 3.63) is 71.0 Å². The zero-order valence-corrected chi connectivity index (χ0v) is 17.6. The summed E-state index contributed by atoms with van der Waals surface area (Å²) in [5.41, 5.74) is 2.28. The number of halogens is 1. The van der Waals surface area contributed by atoms with E-state index in [1.54, 1.807) is 12.1 Å². The molecule has 0 spiro atoms. The second-order valence-electron chi connectivity index (χ2n) is 8.97. The smallest absolute Gasteiger partial charge is 0.408 e. The van der Waals surface area contributed by atoms with Crippen LogP contribution < -0.4 is 10.6 Å². The molecule has 3 saturated carbocycles.